The average molecular weight is 338 g/mol. The summed E-state index contributed by atoms with van der Waals surface area (Å²) in [5, 5.41) is 0. The SMILES string of the molecule is CC(C)(C)OC(=O)CC1CC(COS(C)(=O)=O)OC(C)(C)O1. The summed E-state index contributed by atoms with van der Waals surface area (Å²) in [6.45, 7) is 8.70. The highest BCUT2D eigenvalue weighted by Crippen LogP contribution is 2.29. The van der Waals surface area contributed by atoms with E-state index in [4.69, 9.17) is 18.4 Å². The molecule has 0 saturated carbocycles. The third kappa shape index (κ3) is 8.07. The zero-order valence-electron chi connectivity index (χ0n) is 14.0. The summed E-state index contributed by atoms with van der Waals surface area (Å²) in [5.74, 6) is -1.28. The minimum absolute atomic E-state index is 0.0828. The van der Waals surface area contributed by atoms with Crippen molar-refractivity contribution in [3.63, 3.8) is 0 Å². The summed E-state index contributed by atoms with van der Waals surface area (Å²) in [7, 11) is -3.54. The predicted molar refractivity (Wildman–Crippen MR) is 79.7 cm³/mol. The van der Waals surface area contributed by atoms with Crippen LogP contribution in [0.3, 0.4) is 0 Å². The molecule has 0 bridgehead atoms. The Morgan fingerprint density at radius 2 is 1.77 bits per heavy atom. The molecule has 0 N–H and O–H groups in total. The van der Waals surface area contributed by atoms with Crippen LogP contribution in [0, 0.1) is 0 Å². The molecule has 130 valence electrons. The second kappa shape index (κ2) is 6.82. The molecule has 0 radical (unpaired) electrons. The molecular formula is C14H26O7S. The summed E-state index contributed by atoms with van der Waals surface area (Å²) in [5.41, 5.74) is -0.559. The molecule has 1 heterocycles. The molecule has 7 nitrogen and oxygen atoms in total. The topological polar surface area (TPSA) is 88.1 Å². The van der Waals surface area contributed by atoms with E-state index in [2.05, 4.69) is 0 Å². The Morgan fingerprint density at radius 1 is 1.23 bits per heavy atom. The van der Waals surface area contributed by atoms with Gasteiger partial charge in [0.2, 0.25) is 0 Å². The fraction of sp³-hybridized carbons (Fsp3) is 0.929. The van der Waals surface area contributed by atoms with Crippen LogP contribution in [0.1, 0.15) is 47.5 Å². The fourth-order valence-corrected chi connectivity index (χ4v) is 2.61. The van der Waals surface area contributed by atoms with Gasteiger partial charge >= 0.3 is 5.97 Å². The van der Waals surface area contributed by atoms with Crippen LogP contribution in [0.2, 0.25) is 0 Å². The second-order valence-electron chi connectivity index (χ2n) is 6.89. The largest absolute Gasteiger partial charge is 0.460 e. The van der Waals surface area contributed by atoms with E-state index in [0.29, 0.717) is 6.42 Å². The van der Waals surface area contributed by atoms with Gasteiger partial charge in [-0.25, -0.2) is 0 Å². The van der Waals surface area contributed by atoms with Gasteiger partial charge in [0.25, 0.3) is 10.1 Å². The molecule has 2 unspecified atom stereocenters. The van der Waals surface area contributed by atoms with Crippen LogP contribution in [0.5, 0.6) is 0 Å². The van der Waals surface area contributed by atoms with Crippen LogP contribution in [-0.2, 0) is 33.3 Å². The molecule has 1 aliphatic heterocycles. The van der Waals surface area contributed by atoms with Crippen molar-refractivity contribution < 1.29 is 31.6 Å². The molecule has 8 heteroatoms. The quantitative estimate of drug-likeness (QED) is 0.556. The molecule has 1 saturated heterocycles. The van der Waals surface area contributed by atoms with E-state index in [1.54, 1.807) is 34.6 Å². The maximum Gasteiger partial charge on any atom is 0.308 e. The Morgan fingerprint density at radius 3 is 2.27 bits per heavy atom. The molecule has 22 heavy (non-hydrogen) atoms. The Bertz CT molecular complexity index is 490. The molecular weight excluding hydrogens is 312 g/mol. The van der Waals surface area contributed by atoms with Crippen LogP contribution in [-0.4, -0.2) is 50.8 Å². The maximum absolute atomic E-state index is 11.9. The number of ether oxygens (including phenoxy) is 3. The predicted octanol–water partition coefficient (Wildman–Crippen LogP) is 1.60. The average Bonchev–Trinajstić information content (AvgIpc) is 2.20. The highest BCUT2D eigenvalue weighted by molar-refractivity contribution is 7.85. The van der Waals surface area contributed by atoms with Gasteiger partial charge < -0.3 is 14.2 Å². The molecule has 1 aliphatic rings. The van der Waals surface area contributed by atoms with Crippen LogP contribution < -0.4 is 0 Å². The van der Waals surface area contributed by atoms with Crippen molar-refractivity contribution in [3.8, 4) is 0 Å². The van der Waals surface area contributed by atoms with Crippen LogP contribution >= 0.6 is 0 Å². The molecule has 2 atom stereocenters. The zero-order valence-corrected chi connectivity index (χ0v) is 14.9. The number of rotatable bonds is 5. The van der Waals surface area contributed by atoms with Gasteiger partial charge in [0.05, 0.1) is 31.5 Å². The Labute approximate surface area is 132 Å². The van der Waals surface area contributed by atoms with Crippen molar-refractivity contribution in [2.75, 3.05) is 12.9 Å². The third-order valence-corrected chi connectivity index (χ3v) is 3.27. The van der Waals surface area contributed by atoms with E-state index in [0.717, 1.165) is 6.26 Å². The fourth-order valence-electron chi connectivity index (χ4n) is 2.22. The summed E-state index contributed by atoms with van der Waals surface area (Å²) in [4.78, 5) is 11.9. The zero-order chi connectivity index (χ0) is 17.2. The van der Waals surface area contributed by atoms with Crippen molar-refractivity contribution in [1.82, 2.24) is 0 Å². The molecule has 0 amide bonds. The summed E-state index contributed by atoms with van der Waals surface area (Å²) in [6.07, 6.45) is 0.547. The number of carbonyl (C=O) groups excluding carboxylic acids is 1. The molecule has 1 rings (SSSR count). The van der Waals surface area contributed by atoms with E-state index in [-0.39, 0.29) is 19.0 Å². The summed E-state index contributed by atoms with van der Waals surface area (Å²) in [6, 6.07) is 0. The monoisotopic (exact) mass is 338 g/mol. The standard InChI is InChI=1S/C14H26O7S/c1-13(2,3)21-12(15)8-10-7-11(9-18-22(6,16)17)20-14(4,5)19-10/h10-11H,7-9H2,1-6H3. The van der Waals surface area contributed by atoms with E-state index in [9.17, 15) is 13.2 Å². The van der Waals surface area contributed by atoms with Gasteiger partial charge in [0.15, 0.2) is 5.79 Å². The van der Waals surface area contributed by atoms with E-state index in [1.165, 1.54) is 0 Å². The van der Waals surface area contributed by atoms with Crippen molar-refractivity contribution in [1.29, 1.82) is 0 Å². The number of esters is 1. The molecule has 0 aromatic rings. The van der Waals surface area contributed by atoms with Gasteiger partial charge in [-0.15, -0.1) is 0 Å². The lowest BCUT2D eigenvalue weighted by Gasteiger charge is -2.40. The van der Waals surface area contributed by atoms with Gasteiger partial charge in [-0.2, -0.15) is 8.42 Å². The molecule has 0 aliphatic carbocycles. The molecule has 0 aromatic heterocycles. The number of carbonyl (C=O) groups is 1. The van der Waals surface area contributed by atoms with Gasteiger partial charge in [0, 0.05) is 6.42 Å². The second-order valence-corrected chi connectivity index (χ2v) is 8.54. The van der Waals surface area contributed by atoms with Crippen LogP contribution in [0.25, 0.3) is 0 Å². The van der Waals surface area contributed by atoms with Crippen LogP contribution in [0.4, 0.5) is 0 Å². The minimum Gasteiger partial charge on any atom is -0.460 e. The summed E-state index contributed by atoms with van der Waals surface area (Å²) >= 11 is 0. The van der Waals surface area contributed by atoms with Crippen molar-refractivity contribution >= 4 is 16.1 Å². The minimum atomic E-state index is -3.54. The molecule has 1 fully saturated rings. The Kier molecular flexibility index (Phi) is 6.00. The smallest absolute Gasteiger partial charge is 0.308 e. The van der Waals surface area contributed by atoms with Crippen molar-refractivity contribution in [3.05, 3.63) is 0 Å². The Hall–Kier alpha value is -0.700. The van der Waals surface area contributed by atoms with Gasteiger partial charge in [-0.3, -0.25) is 8.98 Å². The highest BCUT2D eigenvalue weighted by atomic mass is 32.2. The van der Waals surface area contributed by atoms with E-state index < -0.39 is 33.7 Å². The molecule has 0 aromatic carbocycles. The lowest BCUT2D eigenvalue weighted by Crippen LogP contribution is -2.47. The summed E-state index contributed by atoms with van der Waals surface area (Å²) < 4.78 is 43.5. The highest BCUT2D eigenvalue weighted by Gasteiger charge is 2.37. The third-order valence-electron chi connectivity index (χ3n) is 2.71. The van der Waals surface area contributed by atoms with E-state index >= 15 is 0 Å². The maximum atomic E-state index is 11.9. The first-order chi connectivity index (χ1) is 9.76. The first-order valence-corrected chi connectivity index (χ1v) is 8.99. The van der Waals surface area contributed by atoms with Gasteiger partial charge in [0.1, 0.15) is 5.60 Å². The lowest BCUT2D eigenvalue weighted by molar-refractivity contribution is -0.303. The normalized spacial score (nSPS) is 25.7. The number of hydrogen-bond acceptors (Lipinski definition) is 7. The first kappa shape index (κ1) is 19.3. The van der Waals surface area contributed by atoms with E-state index in [1.807, 2.05) is 0 Å². The lowest BCUT2D eigenvalue weighted by atomic mass is 10.1. The number of hydrogen-bond donors (Lipinski definition) is 0. The van der Waals surface area contributed by atoms with Gasteiger partial charge in [-0.05, 0) is 34.6 Å². The van der Waals surface area contributed by atoms with Crippen molar-refractivity contribution in [2.24, 2.45) is 0 Å². The Balaban J connectivity index is 2.62. The van der Waals surface area contributed by atoms with Crippen LogP contribution in [0.15, 0.2) is 0 Å². The molecule has 0 spiro atoms. The van der Waals surface area contributed by atoms with Gasteiger partial charge in [-0.1, -0.05) is 0 Å². The van der Waals surface area contributed by atoms with Crippen molar-refractivity contribution in [2.45, 2.75) is 71.1 Å². The first-order valence-electron chi connectivity index (χ1n) is 7.18.